The molecule has 4 N–H and O–H groups in total. The van der Waals surface area contributed by atoms with E-state index in [9.17, 15) is 15.0 Å². The molecule has 2 aromatic rings. The maximum Gasteiger partial charge on any atom is 0.174 e. The molecule has 0 radical (unpaired) electrons. The Morgan fingerprint density at radius 2 is 2.38 bits per heavy atom. The average Bonchev–Trinajstić information content (AvgIpc) is 2.98. The number of carbonyl (C=O) groups is 1. The third-order valence-corrected chi connectivity index (χ3v) is 3.98. The topological polar surface area (TPSA) is 123 Å². The van der Waals surface area contributed by atoms with Gasteiger partial charge in [-0.05, 0) is 0 Å². The van der Waals surface area contributed by atoms with E-state index in [1.165, 1.54) is 6.33 Å². The number of nitrogens with zero attached hydrogens (tertiary/aromatic N) is 3. The highest BCUT2D eigenvalue weighted by Gasteiger charge is 2.49. The Kier molecular flexibility index (Phi) is 3.33. The number of ether oxygens (including phenoxy) is 1. The Morgan fingerprint density at radius 3 is 3.00 bits per heavy atom. The Labute approximate surface area is 124 Å². The van der Waals surface area contributed by atoms with Crippen LogP contribution in [0.5, 0.6) is 0 Å². The summed E-state index contributed by atoms with van der Waals surface area (Å²) < 4.78 is 7.11. The molecule has 9 heteroatoms. The predicted molar refractivity (Wildman–Crippen MR) is 73.6 cm³/mol. The van der Waals surface area contributed by atoms with Crippen molar-refractivity contribution in [1.82, 2.24) is 14.5 Å². The molecule has 0 amide bonds. The second kappa shape index (κ2) is 4.92. The number of hydrogen-bond donors (Lipinski definition) is 3. The van der Waals surface area contributed by atoms with Gasteiger partial charge in [-0.15, -0.1) is 0 Å². The molecule has 3 rings (SSSR count). The Balaban J connectivity index is 2.07. The van der Waals surface area contributed by atoms with Crippen LogP contribution in [0, 0.1) is 0 Å². The zero-order valence-corrected chi connectivity index (χ0v) is 11.6. The highest BCUT2D eigenvalue weighted by Crippen LogP contribution is 2.39. The van der Waals surface area contributed by atoms with Crippen molar-refractivity contribution in [2.75, 3.05) is 12.3 Å². The molecule has 112 valence electrons. The van der Waals surface area contributed by atoms with Gasteiger partial charge in [0.05, 0.1) is 23.1 Å². The smallest absolute Gasteiger partial charge is 0.174 e. The fourth-order valence-corrected chi connectivity index (χ4v) is 2.80. The van der Waals surface area contributed by atoms with Gasteiger partial charge in [0.2, 0.25) is 0 Å². The van der Waals surface area contributed by atoms with Crippen LogP contribution in [0.2, 0.25) is 5.02 Å². The van der Waals surface area contributed by atoms with Crippen LogP contribution in [-0.4, -0.2) is 49.3 Å². The van der Waals surface area contributed by atoms with Crippen LogP contribution in [0.1, 0.15) is 12.6 Å². The minimum absolute atomic E-state index is 0.114. The van der Waals surface area contributed by atoms with Gasteiger partial charge >= 0.3 is 0 Å². The highest BCUT2D eigenvalue weighted by molar-refractivity contribution is 6.36. The molecule has 2 aromatic heterocycles. The van der Waals surface area contributed by atoms with Gasteiger partial charge in [-0.1, -0.05) is 11.6 Å². The first-order chi connectivity index (χ1) is 10.0. The van der Waals surface area contributed by atoms with E-state index in [0.29, 0.717) is 22.3 Å². The molecule has 8 nitrogen and oxygen atoms in total. The van der Waals surface area contributed by atoms with Crippen molar-refractivity contribution in [1.29, 1.82) is 0 Å². The molecule has 3 atom stereocenters. The molecule has 1 aliphatic rings. The first-order valence-electron chi connectivity index (χ1n) is 6.22. The second-order valence-corrected chi connectivity index (χ2v) is 5.30. The van der Waals surface area contributed by atoms with E-state index in [4.69, 9.17) is 22.1 Å². The monoisotopic (exact) mass is 312 g/mol. The SMILES string of the molecule is Nc1ncnc2c1c(Cl)cn2[C@H]1C[C@H](O)[C@@](C=O)(CO)O1. The summed E-state index contributed by atoms with van der Waals surface area (Å²) in [6.07, 6.45) is 1.54. The van der Waals surface area contributed by atoms with Crippen molar-refractivity contribution >= 4 is 34.7 Å². The molecule has 0 bridgehead atoms. The zero-order chi connectivity index (χ0) is 15.2. The Hall–Kier alpha value is -1.74. The molecular formula is C12H13ClN4O4. The van der Waals surface area contributed by atoms with E-state index in [1.807, 2.05) is 0 Å². The first kappa shape index (κ1) is 14.2. The minimum Gasteiger partial charge on any atom is -0.393 e. The molecule has 3 heterocycles. The second-order valence-electron chi connectivity index (χ2n) is 4.90. The lowest BCUT2D eigenvalue weighted by Gasteiger charge is -2.23. The van der Waals surface area contributed by atoms with Crippen LogP contribution in [0.3, 0.4) is 0 Å². The molecule has 0 aliphatic carbocycles. The summed E-state index contributed by atoms with van der Waals surface area (Å²) in [6.45, 7) is -0.613. The maximum absolute atomic E-state index is 11.1. The third-order valence-electron chi connectivity index (χ3n) is 3.69. The van der Waals surface area contributed by atoms with E-state index in [2.05, 4.69) is 9.97 Å². The third kappa shape index (κ3) is 1.99. The van der Waals surface area contributed by atoms with E-state index in [0.717, 1.165) is 0 Å². The fraction of sp³-hybridized carbons (Fsp3) is 0.417. The van der Waals surface area contributed by atoms with Gasteiger partial charge in [0.1, 0.15) is 24.0 Å². The number of fused-ring (bicyclic) bond motifs is 1. The number of anilines is 1. The molecule has 1 aliphatic heterocycles. The summed E-state index contributed by atoms with van der Waals surface area (Å²) >= 11 is 6.12. The number of carbonyl (C=O) groups excluding carboxylic acids is 1. The van der Waals surface area contributed by atoms with Crippen molar-refractivity contribution < 1.29 is 19.7 Å². The van der Waals surface area contributed by atoms with E-state index in [1.54, 1.807) is 10.8 Å². The number of aldehydes is 1. The molecule has 1 saturated heterocycles. The van der Waals surface area contributed by atoms with Crippen LogP contribution in [0.4, 0.5) is 5.82 Å². The standard InChI is InChI=1S/C12H13ClN4O4/c13-6-2-17(11-9(6)10(14)15-5-16-11)8-1-7(20)12(3-18,4-19)21-8/h2-3,5,7-8,19-20H,1,4H2,(H2,14,15,16)/t7-,8+,12+/m0/s1. The predicted octanol–water partition coefficient (Wildman–Crippen LogP) is -0.123. The van der Waals surface area contributed by atoms with Crippen LogP contribution < -0.4 is 5.73 Å². The van der Waals surface area contributed by atoms with Crippen LogP contribution >= 0.6 is 11.6 Å². The number of aliphatic hydroxyl groups excluding tert-OH is 2. The normalized spacial score (nSPS) is 29.1. The molecule has 0 spiro atoms. The van der Waals surface area contributed by atoms with Crippen molar-refractivity contribution in [3.05, 3.63) is 17.5 Å². The average molecular weight is 313 g/mol. The van der Waals surface area contributed by atoms with Crippen LogP contribution in [0.15, 0.2) is 12.5 Å². The summed E-state index contributed by atoms with van der Waals surface area (Å²) in [7, 11) is 0. The van der Waals surface area contributed by atoms with Gasteiger partial charge in [-0.3, -0.25) is 4.79 Å². The number of nitrogens with two attached hydrogens (primary N) is 1. The van der Waals surface area contributed by atoms with Crippen molar-refractivity contribution in [2.24, 2.45) is 0 Å². The number of aromatic nitrogens is 3. The van der Waals surface area contributed by atoms with Gasteiger partial charge in [-0.2, -0.15) is 0 Å². The number of aliphatic hydroxyl groups is 2. The Morgan fingerprint density at radius 1 is 1.62 bits per heavy atom. The first-order valence-corrected chi connectivity index (χ1v) is 6.60. The number of halogens is 1. The molecule has 0 unspecified atom stereocenters. The minimum atomic E-state index is -1.63. The van der Waals surface area contributed by atoms with Gasteiger partial charge in [0.25, 0.3) is 0 Å². The van der Waals surface area contributed by atoms with Crippen LogP contribution in [0.25, 0.3) is 11.0 Å². The van der Waals surface area contributed by atoms with Crippen molar-refractivity contribution in [2.45, 2.75) is 24.4 Å². The number of nitrogen functional groups attached to an aromatic ring is 1. The molecule has 21 heavy (non-hydrogen) atoms. The van der Waals surface area contributed by atoms with Gasteiger partial charge in [-0.25, -0.2) is 9.97 Å². The van der Waals surface area contributed by atoms with E-state index < -0.39 is 24.5 Å². The summed E-state index contributed by atoms with van der Waals surface area (Å²) in [5, 5.41) is 20.1. The number of hydrogen-bond acceptors (Lipinski definition) is 7. The summed E-state index contributed by atoms with van der Waals surface area (Å²) in [5.41, 5.74) is 4.57. The van der Waals surface area contributed by atoms with Gasteiger partial charge in [0.15, 0.2) is 11.9 Å². The summed E-state index contributed by atoms with van der Waals surface area (Å²) in [6, 6.07) is 0. The number of rotatable bonds is 3. The summed E-state index contributed by atoms with van der Waals surface area (Å²) in [5.74, 6) is 0.228. The lowest BCUT2D eigenvalue weighted by Crippen LogP contribution is -2.44. The quantitative estimate of drug-likeness (QED) is 0.675. The largest absolute Gasteiger partial charge is 0.393 e. The fourth-order valence-electron chi connectivity index (χ4n) is 2.51. The molecule has 0 saturated carbocycles. The zero-order valence-electron chi connectivity index (χ0n) is 10.8. The van der Waals surface area contributed by atoms with Gasteiger partial charge in [0, 0.05) is 12.6 Å². The Bertz CT molecular complexity index is 706. The van der Waals surface area contributed by atoms with E-state index >= 15 is 0 Å². The lowest BCUT2D eigenvalue weighted by molar-refractivity contribution is -0.151. The molecule has 0 aromatic carbocycles. The van der Waals surface area contributed by atoms with Crippen molar-refractivity contribution in [3.8, 4) is 0 Å². The lowest BCUT2D eigenvalue weighted by atomic mass is 10.00. The van der Waals surface area contributed by atoms with E-state index in [-0.39, 0.29) is 12.2 Å². The van der Waals surface area contributed by atoms with Crippen LogP contribution in [-0.2, 0) is 9.53 Å². The summed E-state index contributed by atoms with van der Waals surface area (Å²) in [4.78, 5) is 19.1. The molecular weight excluding hydrogens is 300 g/mol. The maximum atomic E-state index is 11.1. The highest BCUT2D eigenvalue weighted by atomic mass is 35.5. The van der Waals surface area contributed by atoms with Crippen molar-refractivity contribution in [3.63, 3.8) is 0 Å². The van der Waals surface area contributed by atoms with Gasteiger partial charge < -0.3 is 25.3 Å². The molecule has 1 fully saturated rings.